The molecule has 2 heterocycles. The fourth-order valence-electron chi connectivity index (χ4n) is 11.6. The number of hydrogen-bond donors (Lipinski definition) is 0. The maximum atomic E-state index is 5.56. The first-order chi connectivity index (χ1) is 32.7. The van der Waals surface area contributed by atoms with E-state index in [0.29, 0.717) is 0 Å². The maximum Gasteiger partial charge on any atom is 0.0788 e. The normalized spacial score (nSPS) is 13.2. The molecule has 0 N–H and O–H groups in total. The van der Waals surface area contributed by atoms with Crippen molar-refractivity contribution in [3.8, 4) is 55.8 Å². The monoisotopic (exact) mass is 853 g/mol. The van der Waals surface area contributed by atoms with Gasteiger partial charge in [-0.05, 0) is 124 Å². The van der Waals surface area contributed by atoms with Gasteiger partial charge in [0.25, 0.3) is 0 Å². The van der Waals surface area contributed by atoms with Crippen LogP contribution in [0, 0.1) is 0 Å². The van der Waals surface area contributed by atoms with Crippen LogP contribution in [0.15, 0.2) is 246 Å². The number of fused-ring (bicyclic) bond motifs is 14. The molecule has 14 rings (SSSR count). The fraction of sp³-hybridized carbons (Fsp3) is 0.0156. The Morgan fingerprint density at radius 2 is 0.788 bits per heavy atom. The summed E-state index contributed by atoms with van der Waals surface area (Å²) in [7, 11) is 0. The zero-order chi connectivity index (χ0) is 43.3. The molecular formula is C64H39NS. The van der Waals surface area contributed by atoms with E-state index in [0.717, 1.165) is 27.5 Å². The van der Waals surface area contributed by atoms with E-state index >= 15 is 0 Å². The van der Waals surface area contributed by atoms with Crippen LogP contribution < -0.4 is 0 Å². The summed E-state index contributed by atoms with van der Waals surface area (Å²) in [6.45, 7) is 0. The molecule has 1 nitrogen and oxygen atoms in total. The lowest BCUT2D eigenvalue weighted by Gasteiger charge is -2.40. The van der Waals surface area contributed by atoms with Crippen LogP contribution >= 0.6 is 11.8 Å². The summed E-state index contributed by atoms with van der Waals surface area (Å²) >= 11 is 1.89. The highest BCUT2D eigenvalue weighted by Gasteiger charge is 2.50. The lowest BCUT2D eigenvalue weighted by molar-refractivity contribution is 0.724. The molecule has 0 atom stereocenters. The number of aromatic nitrogens is 1. The van der Waals surface area contributed by atoms with Crippen molar-refractivity contribution in [1.82, 2.24) is 4.98 Å². The van der Waals surface area contributed by atoms with Crippen LogP contribution in [0.5, 0.6) is 0 Å². The molecule has 0 saturated carbocycles. The minimum absolute atomic E-state index is 0.457. The minimum atomic E-state index is -0.457. The Labute approximate surface area is 387 Å². The lowest BCUT2D eigenvalue weighted by Crippen LogP contribution is -2.32. The third kappa shape index (κ3) is 5.34. The lowest BCUT2D eigenvalue weighted by atomic mass is 9.67. The number of rotatable bonds is 4. The van der Waals surface area contributed by atoms with E-state index in [1.54, 1.807) is 0 Å². The average Bonchev–Trinajstić information content (AvgIpc) is 3.68. The van der Waals surface area contributed by atoms with Crippen LogP contribution in [0.25, 0.3) is 99.0 Å². The quantitative estimate of drug-likeness (QED) is 0.129. The zero-order valence-electron chi connectivity index (χ0n) is 35.9. The van der Waals surface area contributed by atoms with Gasteiger partial charge in [-0.3, -0.25) is 0 Å². The summed E-state index contributed by atoms with van der Waals surface area (Å²) in [6, 6.07) is 87.6. The summed E-state index contributed by atoms with van der Waals surface area (Å²) in [4.78, 5) is 8.12. The average molecular weight is 854 g/mol. The molecule has 306 valence electrons. The molecule has 11 aromatic carbocycles. The highest BCUT2D eigenvalue weighted by atomic mass is 32.2. The fourth-order valence-corrected chi connectivity index (χ4v) is 12.8. The van der Waals surface area contributed by atoms with E-state index in [9.17, 15) is 0 Å². The van der Waals surface area contributed by atoms with Crippen molar-refractivity contribution in [2.45, 2.75) is 15.2 Å². The second kappa shape index (κ2) is 14.5. The smallest absolute Gasteiger partial charge is 0.0788 e. The highest BCUT2D eigenvalue weighted by Crippen LogP contribution is 2.63. The van der Waals surface area contributed by atoms with Gasteiger partial charge >= 0.3 is 0 Å². The maximum absolute atomic E-state index is 5.56. The molecule has 2 aliphatic rings. The Kier molecular flexibility index (Phi) is 8.20. The molecule has 1 aliphatic heterocycles. The largest absolute Gasteiger partial charge is 0.247 e. The van der Waals surface area contributed by atoms with Gasteiger partial charge in [-0.15, -0.1) is 0 Å². The van der Waals surface area contributed by atoms with Crippen molar-refractivity contribution >= 4 is 55.0 Å². The molecule has 0 radical (unpaired) electrons. The molecule has 0 amide bonds. The SMILES string of the molecule is c1ccc(-c2ccc(-c3c4ccccc4c(-c4cccc(-c5nc6ccccc6c6cc7c(cc56)Sc5ccccc5C75c6ccccc6-c6ccccc65)c4)c4ccccc34)cc2)cc1. The topological polar surface area (TPSA) is 12.9 Å². The summed E-state index contributed by atoms with van der Waals surface area (Å²) < 4.78 is 0. The van der Waals surface area contributed by atoms with Crippen LogP contribution in [0.1, 0.15) is 22.3 Å². The van der Waals surface area contributed by atoms with Gasteiger partial charge < -0.3 is 0 Å². The summed E-state index contributed by atoms with van der Waals surface area (Å²) in [5, 5.41) is 8.50. The summed E-state index contributed by atoms with van der Waals surface area (Å²) in [5.41, 5.74) is 18.0. The molecule has 66 heavy (non-hydrogen) atoms. The number of pyridine rings is 1. The molecule has 0 bridgehead atoms. The number of benzene rings is 11. The van der Waals surface area contributed by atoms with Crippen molar-refractivity contribution in [1.29, 1.82) is 0 Å². The van der Waals surface area contributed by atoms with Gasteiger partial charge in [0.05, 0.1) is 16.6 Å². The molecule has 1 aromatic heterocycles. The van der Waals surface area contributed by atoms with Gasteiger partial charge in [0.1, 0.15) is 0 Å². The van der Waals surface area contributed by atoms with Crippen LogP contribution in [0.4, 0.5) is 0 Å². The number of para-hydroxylation sites is 1. The Morgan fingerprint density at radius 1 is 0.288 bits per heavy atom. The molecule has 12 aromatic rings. The van der Waals surface area contributed by atoms with Crippen LogP contribution in [-0.4, -0.2) is 4.98 Å². The van der Waals surface area contributed by atoms with Crippen molar-refractivity contribution in [3.63, 3.8) is 0 Å². The van der Waals surface area contributed by atoms with Gasteiger partial charge in [0, 0.05) is 26.1 Å². The summed E-state index contributed by atoms with van der Waals surface area (Å²) in [6.07, 6.45) is 0. The molecule has 1 spiro atoms. The summed E-state index contributed by atoms with van der Waals surface area (Å²) in [5.74, 6) is 0. The molecule has 0 saturated heterocycles. The van der Waals surface area contributed by atoms with Crippen molar-refractivity contribution in [2.75, 3.05) is 0 Å². The molecule has 0 unspecified atom stereocenters. The van der Waals surface area contributed by atoms with Gasteiger partial charge in [-0.25, -0.2) is 4.98 Å². The van der Waals surface area contributed by atoms with Gasteiger partial charge in [-0.2, -0.15) is 0 Å². The minimum Gasteiger partial charge on any atom is -0.247 e. The third-order valence-electron chi connectivity index (χ3n) is 14.3. The van der Waals surface area contributed by atoms with Gasteiger partial charge in [0.15, 0.2) is 0 Å². The zero-order valence-corrected chi connectivity index (χ0v) is 36.7. The van der Waals surface area contributed by atoms with Crippen LogP contribution in [0.2, 0.25) is 0 Å². The highest BCUT2D eigenvalue weighted by molar-refractivity contribution is 7.99. The Bertz CT molecular complexity index is 3860. The number of nitrogens with zero attached hydrogens (tertiary/aromatic N) is 1. The predicted octanol–water partition coefficient (Wildman–Crippen LogP) is 17.2. The van der Waals surface area contributed by atoms with Crippen molar-refractivity contribution < 1.29 is 0 Å². The molecule has 1 aliphatic carbocycles. The molecule has 0 fully saturated rings. The van der Waals surface area contributed by atoms with Crippen molar-refractivity contribution in [2.24, 2.45) is 0 Å². The first-order valence-electron chi connectivity index (χ1n) is 22.8. The molecule has 2 heteroatoms. The van der Waals surface area contributed by atoms with Crippen LogP contribution in [-0.2, 0) is 5.41 Å². The van der Waals surface area contributed by atoms with Crippen LogP contribution in [0.3, 0.4) is 0 Å². The van der Waals surface area contributed by atoms with E-state index < -0.39 is 5.41 Å². The van der Waals surface area contributed by atoms with Gasteiger partial charge in [0.2, 0.25) is 0 Å². The standard InChI is InChI=1S/C64H39NS/c1-2-17-40(18-3-1)41-33-35-42(36-34-41)61-48-24-4-6-26-50(48)62(51-27-7-5-25-49(51)61)43-19-16-20-44(37-43)63-53-39-60-57(38-52(53)47-23-10-14-31-58(47)65-63)64(56-30-13-15-32-59(56)66-60)54-28-11-8-21-45(54)46-22-9-12-29-55(46)64/h1-39H. The Hall–Kier alpha value is -8.04. The van der Waals surface area contributed by atoms with Crippen molar-refractivity contribution in [3.05, 3.63) is 259 Å². The van der Waals surface area contributed by atoms with E-state index in [2.05, 4.69) is 237 Å². The second-order valence-corrected chi connectivity index (χ2v) is 18.8. The Morgan fingerprint density at radius 3 is 1.47 bits per heavy atom. The molecular weight excluding hydrogens is 815 g/mol. The van der Waals surface area contributed by atoms with E-state index in [1.165, 1.54) is 103 Å². The van der Waals surface area contributed by atoms with E-state index in [4.69, 9.17) is 4.98 Å². The number of hydrogen-bond acceptors (Lipinski definition) is 2. The first kappa shape index (κ1) is 37.3. The third-order valence-corrected chi connectivity index (χ3v) is 15.4. The first-order valence-corrected chi connectivity index (χ1v) is 23.6. The van der Waals surface area contributed by atoms with E-state index in [1.807, 2.05) is 11.8 Å². The predicted molar refractivity (Wildman–Crippen MR) is 277 cm³/mol. The van der Waals surface area contributed by atoms with Gasteiger partial charge in [-0.1, -0.05) is 218 Å². The second-order valence-electron chi connectivity index (χ2n) is 17.7. The Balaban J connectivity index is 0.992. The van der Waals surface area contributed by atoms with E-state index in [-0.39, 0.29) is 0 Å².